The molecule has 0 saturated carbocycles. The standard InChI is InChI=1S/C10H19NO3/c1-5-6-8(12)11-9(7(2)3)10(13)14-4/h7,9H,5-6H2,1-4H3,(H,11,12)/t9-/m0/s1. The van der Waals surface area contributed by atoms with Crippen LogP contribution in [0.2, 0.25) is 0 Å². The van der Waals surface area contributed by atoms with Gasteiger partial charge in [-0.2, -0.15) is 0 Å². The Morgan fingerprint density at radius 3 is 2.29 bits per heavy atom. The van der Waals surface area contributed by atoms with Crippen molar-refractivity contribution in [3.05, 3.63) is 0 Å². The SMILES string of the molecule is CCCC(=O)N[C@H](C(=O)OC)C(C)C. The highest BCUT2D eigenvalue weighted by Crippen LogP contribution is 2.04. The molecule has 14 heavy (non-hydrogen) atoms. The molecule has 0 saturated heterocycles. The molecule has 0 aromatic rings. The number of carbonyl (C=O) groups excluding carboxylic acids is 2. The number of nitrogens with one attached hydrogen (secondary N) is 1. The second kappa shape index (κ2) is 6.40. The van der Waals surface area contributed by atoms with E-state index in [-0.39, 0.29) is 17.8 Å². The van der Waals surface area contributed by atoms with Gasteiger partial charge in [-0.15, -0.1) is 0 Å². The molecule has 0 heterocycles. The Labute approximate surface area is 85.0 Å². The molecule has 0 aromatic heterocycles. The molecule has 0 unspecified atom stereocenters. The molecule has 0 rings (SSSR count). The Balaban J connectivity index is 4.23. The van der Waals surface area contributed by atoms with E-state index in [0.29, 0.717) is 6.42 Å². The first-order chi connectivity index (χ1) is 6.52. The van der Waals surface area contributed by atoms with E-state index in [1.807, 2.05) is 20.8 Å². The molecular formula is C10H19NO3. The van der Waals surface area contributed by atoms with Crippen molar-refractivity contribution in [3.8, 4) is 0 Å². The third kappa shape index (κ3) is 4.25. The van der Waals surface area contributed by atoms with Crippen LogP contribution in [0.1, 0.15) is 33.6 Å². The molecule has 0 fully saturated rings. The van der Waals surface area contributed by atoms with Gasteiger partial charge < -0.3 is 10.1 Å². The summed E-state index contributed by atoms with van der Waals surface area (Å²) >= 11 is 0. The number of ether oxygens (including phenoxy) is 1. The molecule has 0 bridgehead atoms. The molecule has 0 aliphatic carbocycles. The second-order valence-electron chi connectivity index (χ2n) is 3.56. The number of esters is 1. The first-order valence-corrected chi connectivity index (χ1v) is 4.90. The maximum Gasteiger partial charge on any atom is 0.328 e. The molecular weight excluding hydrogens is 182 g/mol. The topological polar surface area (TPSA) is 55.4 Å². The lowest BCUT2D eigenvalue weighted by Crippen LogP contribution is -2.44. The average molecular weight is 201 g/mol. The van der Waals surface area contributed by atoms with Crippen molar-refractivity contribution in [3.63, 3.8) is 0 Å². The van der Waals surface area contributed by atoms with E-state index in [1.54, 1.807) is 0 Å². The number of hydrogen-bond donors (Lipinski definition) is 1. The van der Waals surface area contributed by atoms with Gasteiger partial charge in [-0.25, -0.2) is 4.79 Å². The number of rotatable bonds is 5. The first-order valence-electron chi connectivity index (χ1n) is 4.90. The lowest BCUT2D eigenvalue weighted by Gasteiger charge is -2.19. The summed E-state index contributed by atoms with van der Waals surface area (Å²) < 4.78 is 4.60. The van der Waals surface area contributed by atoms with Gasteiger partial charge in [0, 0.05) is 6.42 Å². The van der Waals surface area contributed by atoms with Gasteiger partial charge >= 0.3 is 5.97 Å². The molecule has 0 aliphatic rings. The van der Waals surface area contributed by atoms with Crippen molar-refractivity contribution in [2.75, 3.05) is 7.11 Å². The summed E-state index contributed by atoms with van der Waals surface area (Å²) in [5, 5.41) is 2.65. The van der Waals surface area contributed by atoms with E-state index in [4.69, 9.17) is 0 Å². The minimum absolute atomic E-state index is 0.0447. The molecule has 1 N–H and O–H groups in total. The molecule has 82 valence electrons. The van der Waals surface area contributed by atoms with Gasteiger partial charge in [0.15, 0.2) is 0 Å². The van der Waals surface area contributed by atoms with Crippen LogP contribution in [0.4, 0.5) is 0 Å². The molecule has 4 heteroatoms. The Hall–Kier alpha value is -1.06. The van der Waals surface area contributed by atoms with Crippen LogP contribution in [0.3, 0.4) is 0 Å². The van der Waals surface area contributed by atoms with Gasteiger partial charge in [0.2, 0.25) is 5.91 Å². The monoisotopic (exact) mass is 201 g/mol. The quantitative estimate of drug-likeness (QED) is 0.678. The maximum atomic E-state index is 11.3. The molecule has 1 atom stereocenters. The number of hydrogen-bond acceptors (Lipinski definition) is 3. The fourth-order valence-electron chi connectivity index (χ4n) is 1.10. The van der Waals surface area contributed by atoms with Crippen LogP contribution < -0.4 is 5.32 Å². The zero-order valence-electron chi connectivity index (χ0n) is 9.29. The Bertz CT molecular complexity index is 202. The van der Waals surface area contributed by atoms with Crippen molar-refractivity contribution >= 4 is 11.9 Å². The van der Waals surface area contributed by atoms with E-state index >= 15 is 0 Å². The van der Waals surface area contributed by atoms with Crippen LogP contribution in [-0.2, 0) is 14.3 Å². The van der Waals surface area contributed by atoms with Gasteiger partial charge in [-0.05, 0) is 12.3 Å². The predicted molar refractivity (Wildman–Crippen MR) is 53.7 cm³/mol. The van der Waals surface area contributed by atoms with Crippen LogP contribution in [0.15, 0.2) is 0 Å². The smallest absolute Gasteiger partial charge is 0.328 e. The fraction of sp³-hybridized carbons (Fsp3) is 0.800. The fourth-order valence-corrected chi connectivity index (χ4v) is 1.10. The molecule has 0 radical (unpaired) electrons. The van der Waals surface area contributed by atoms with Crippen LogP contribution in [0, 0.1) is 5.92 Å². The van der Waals surface area contributed by atoms with Crippen LogP contribution in [-0.4, -0.2) is 25.0 Å². The Kier molecular flexibility index (Phi) is 5.92. The number of amides is 1. The van der Waals surface area contributed by atoms with Crippen molar-refractivity contribution in [2.24, 2.45) is 5.92 Å². The maximum absolute atomic E-state index is 11.3. The van der Waals surface area contributed by atoms with Gasteiger partial charge in [0.05, 0.1) is 7.11 Å². The minimum Gasteiger partial charge on any atom is -0.467 e. The predicted octanol–water partition coefficient (Wildman–Crippen LogP) is 1.10. The van der Waals surface area contributed by atoms with E-state index in [9.17, 15) is 9.59 Å². The third-order valence-corrected chi connectivity index (χ3v) is 1.92. The zero-order valence-corrected chi connectivity index (χ0v) is 9.29. The highest BCUT2D eigenvalue weighted by atomic mass is 16.5. The van der Waals surface area contributed by atoms with Crippen molar-refractivity contribution in [2.45, 2.75) is 39.7 Å². The highest BCUT2D eigenvalue weighted by molar-refractivity contribution is 5.84. The Morgan fingerprint density at radius 1 is 1.36 bits per heavy atom. The van der Waals surface area contributed by atoms with Gasteiger partial charge in [0.25, 0.3) is 0 Å². The largest absolute Gasteiger partial charge is 0.467 e. The van der Waals surface area contributed by atoms with Crippen molar-refractivity contribution in [1.29, 1.82) is 0 Å². The van der Waals surface area contributed by atoms with E-state index < -0.39 is 6.04 Å². The molecule has 0 spiro atoms. The average Bonchev–Trinajstić information content (AvgIpc) is 2.13. The summed E-state index contributed by atoms with van der Waals surface area (Å²) in [4.78, 5) is 22.5. The van der Waals surface area contributed by atoms with E-state index in [2.05, 4.69) is 10.1 Å². The van der Waals surface area contributed by atoms with Crippen molar-refractivity contribution in [1.82, 2.24) is 5.32 Å². The first kappa shape index (κ1) is 12.9. The molecule has 0 aliphatic heterocycles. The molecule has 4 nitrogen and oxygen atoms in total. The molecule has 0 aromatic carbocycles. The molecule has 1 amide bonds. The Morgan fingerprint density at radius 2 is 1.93 bits per heavy atom. The highest BCUT2D eigenvalue weighted by Gasteiger charge is 2.24. The number of carbonyl (C=O) groups is 2. The summed E-state index contributed by atoms with van der Waals surface area (Å²) in [6.45, 7) is 5.66. The van der Waals surface area contributed by atoms with Crippen LogP contribution in [0.25, 0.3) is 0 Å². The van der Waals surface area contributed by atoms with Crippen LogP contribution >= 0.6 is 0 Å². The summed E-state index contributed by atoms with van der Waals surface area (Å²) in [5.74, 6) is -0.440. The lowest BCUT2D eigenvalue weighted by molar-refractivity contribution is -0.146. The van der Waals surface area contributed by atoms with Crippen molar-refractivity contribution < 1.29 is 14.3 Å². The van der Waals surface area contributed by atoms with Gasteiger partial charge in [0.1, 0.15) is 6.04 Å². The normalized spacial score (nSPS) is 12.4. The summed E-state index contributed by atoms with van der Waals surface area (Å²) in [7, 11) is 1.32. The number of methoxy groups -OCH3 is 1. The summed E-state index contributed by atoms with van der Waals surface area (Å²) in [6.07, 6.45) is 1.22. The van der Waals surface area contributed by atoms with Crippen LogP contribution in [0.5, 0.6) is 0 Å². The third-order valence-electron chi connectivity index (χ3n) is 1.92. The van der Waals surface area contributed by atoms with E-state index in [1.165, 1.54) is 7.11 Å². The summed E-state index contributed by atoms with van der Waals surface area (Å²) in [6, 6.07) is -0.529. The lowest BCUT2D eigenvalue weighted by atomic mass is 10.0. The van der Waals surface area contributed by atoms with Gasteiger partial charge in [-0.1, -0.05) is 20.8 Å². The minimum atomic E-state index is -0.529. The van der Waals surface area contributed by atoms with E-state index in [0.717, 1.165) is 6.42 Å². The van der Waals surface area contributed by atoms with Gasteiger partial charge in [-0.3, -0.25) is 4.79 Å². The summed E-state index contributed by atoms with van der Waals surface area (Å²) in [5.41, 5.74) is 0. The second-order valence-corrected chi connectivity index (χ2v) is 3.56. The zero-order chi connectivity index (χ0) is 11.1.